The van der Waals surface area contributed by atoms with Gasteiger partial charge in [-0.3, -0.25) is 9.69 Å². The molecule has 2 N–H and O–H groups in total. The highest BCUT2D eigenvalue weighted by Crippen LogP contribution is 2.22. The first-order valence-electron chi connectivity index (χ1n) is 9.87. The van der Waals surface area contributed by atoms with Crippen LogP contribution in [0, 0.1) is 0 Å². The predicted octanol–water partition coefficient (Wildman–Crippen LogP) is 0.553. The van der Waals surface area contributed by atoms with Crippen LogP contribution in [0.4, 0.5) is 9.93 Å². The first-order valence-corrected chi connectivity index (χ1v) is 12.2. The van der Waals surface area contributed by atoms with Gasteiger partial charge >= 0.3 is 6.03 Å². The van der Waals surface area contributed by atoms with E-state index in [2.05, 4.69) is 15.6 Å². The summed E-state index contributed by atoms with van der Waals surface area (Å²) in [7, 11) is -3.53. The zero-order valence-electron chi connectivity index (χ0n) is 16.7. The number of amides is 3. The normalized spacial score (nSPS) is 17.5. The molecule has 2 aliphatic rings. The molecule has 0 aliphatic carbocycles. The summed E-state index contributed by atoms with van der Waals surface area (Å²) >= 11 is 1.33. The van der Waals surface area contributed by atoms with Crippen LogP contribution in [-0.4, -0.2) is 69.0 Å². The van der Waals surface area contributed by atoms with Crippen molar-refractivity contribution in [2.75, 3.05) is 44.3 Å². The number of rotatable bonds is 7. The molecule has 0 bridgehead atoms. The largest absolute Gasteiger partial charge is 0.379 e. The highest BCUT2D eigenvalue weighted by molar-refractivity contribution is 7.89. The van der Waals surface area contributed by atoms with Crippen molar-refractivity contribution in [1.29, 1.82) is 0 Å². The van der Waals surface area contributed by atoms with Crippen molar-refractivity contribution in [3.8, 4) is 0 Å². The number of anilines is 1. The van der Waals surface area contributed by atoms with Crippen molar-refractivity contribution in [2.45, 2.75) is 17.9 Å². The minimum absolute atomic E-state index is 0.107. The van der Waals surface area contributed by atoms with E-state index in [9.17, 15) is 18.0 Å². The van der Waals surface area contributed by atoms with Crippen LogP contribution in [0.2, 0.25) is 0 Å². The van der Waals surface area contributed by atoms with Crippen LogP contribution in [0.1, 0.15) is 11.3 Å². The van der Waals surface area contributed by atoms with Crippen molar-refractivity contribution in [3.05, 3.63) is 40.9 Å². The monoisotopic (exact) mass is 465 g/mol. The van der Waals surface area contributed by atoms with E-state index in [1.54, 1.807) is 34.5 Å². The molecule has 0 radical (unpaired) electrons. The first-order chi connectivity index (χ1) is 14.9. The summed E-state index contributed by atoms with van der Waals surface area (Å²) in [4.78, 5) is 30.1. The Morgan fingerprint density at radius 2 is 1.94 bits per heavy atom. The lowest BCUT2D eigenvalue weighted by molar-refractivity contribution is -0.120. The molecule has 2 fully saturated rings. The molecular weight excluding hydrogens is 442 g/mol. The predicted molar refractivity (Wildman–Crippen MR) is 114 cm³/mol. The van der Waals surface area contributed by atoms with Crippen molar-refractivity contribution >= 4 is 38.4 Å². The molecule has 1 aromatic heterocycles. The van der Waals surface area contributed by atoms with Crippen LogP contribution in [-0.2, 0) is 32.5 Å². The van der Waals surface area contributed by atoms with E-state index < -0.39 is 10.0 Å². The van der Waals surface area contributed by atoms with Crippen molar-refractivity contribution in [3.63, 3.8) is 0 Å². The minimum Gasteiger partial charge on any atom is -0.379 e. The molecule has 4 rings (SSSR count). The van der Waals surface area contributed by atoms with Gasteiger partial charge in [-0.1, -0.05) is 12.1 Å². The van der Waals surface area contributed by atoms with Gasteiger partial charge in [-0.05, 0) is 17.7 Å². The second-order valence-corrected chi connectivity index (χ2v) is 9.89. The van der Waals surface area contributed by atoms with Crippen LogP contribution in [0.15, 0.2) is 34.5 Å². The van der Waals surface area contributed by atoms with Gasteiger partial charge in [0.1, 0.15) is 0 Å². The second-order valence-electron chi connectivity index (χ2n) is 7.12. The number of ether oxygens (including phenoxy) is 1. The average molecular weight is 466 g/mol. The fourth-order valence-electron chi connectivity index (χ4n) is 3.30. The molecule has 0 atom stereocenters. The van der Waals surface area contributed by atoms with Crippen molar-refractivity contribution in [1.82, 2.24) is 19.9 Å². The number of urea groups is 1. The third kappa shape index (κ3) is 5.03. The zero-order valence-corrected chi connectivity index (χ0v) is 18.4. The van der Waals surface area contributed by atoms with E-state index in [-0.39, 0.29) is 29.8 Å². The summed E-state index contributed by atoms with van der Waals surface area (Å²) in [5.74, 6) is -0.201. The number of nitrogens with one attached hydrogen (secondary N) is 2. The summed E-state index contributed by atoms with van der Waals surface area (Å²) in [5, 5.41) is 7.88. The maximum absolute atomic E-state index is 12.7. The molecular formula is C19H23N5O5S2. The van der Waals surface area contributed by atoms with Crippen LogP contribution in [0.5, 0.6) is 0 Å². The number of carbonyl (C=O) groups excluding carboxylic acids is 2. The number of thiazole rings is 1. The summed E-state index contributed by atoms with van der Waals surface area (Å²) in [6, 6.07) is 6.32. The Morgan fingerprint density at radius 1 is 1.19 bits per heavy atom. The summed E-state index contributed by atoms with van der Waals surface area (Å²) in [6.07, 6.45) is 0.107. The van der Waals surface area contributed by atoms with Gasteiger partial charge < -0.3 is 15.4 Å². The number of hydrogen-bond donors (Lipinski definition) is 2. The molecule has 3 heterocycles. The number of nitrogens with zero attached hydrogens (tertiary/aromatic N) is 3. The second kappa shape index (κ2) is 9.30. The van der Waals surface area contributed by atoms with Gasteiger partial charge in [0, 0.05) is 38.1 Å². The number of aromatic nitrogens is 1. The maximum atomic E-state index is 12.7. The Balaban J connectivity index is 1.29. The molecule has 3 amide bonds. The van der Waals surface area contributed by atoms with E-state index >= 15 is 0 Å². The van der Waals surface area contributed by atoms with Crippen LogP contribution >= 0.6 is 11.3 Å². The molecule has 166 valence electrons. The Hall–Kier alpha value is -2.54. The van der Waals surface area contributed by atoms with Crippen LogP contribution in [0.25, 0.3) is 0 Å². The molecule has 12 heteroatoms. The first kappa shape index (κ1) is 21.7. The summed E-state index contributed by atoms with van der Waals surface area (Å²) < 4.78 is 31.9. The van der Waals surface area contributed by atoms with Gasteiger partial charge in [-0.2, -0.15) is 4.31 Å². The van der Waals surface area contributed by atoms with Crippen molar-refractivity contribution in [2.24, 2.45) is 0 Å². The Labute approximate surface area is 184 Å². The van der Waals surface area contributed by atoms with E-state index in [0.717, 1.165) is 5.56 Å². The molecule has 31 heavy (non-hydrogen) atoms. The lowest BCUT2D eigenvalue weighted by atomic mass is 10.2. The van der Waals surface area contributed by atoms with Crippen LogP contribution in [0.3, 0.4) is 0 Å². The molecule has 0 saturated carbocycles. The third-order valence-electron chi connectivity index (χ3n) is 4.99. The Morgan fingerprint density at radius 3 is 2.61 bits per heavy atom. The number of carbonyl (C=O) groups is 2. The van der Waals surface area contributed by atoms with Gasteiger partial charge in [-0.15, -0.1) is 11.3 Å². The number of morpholine rings is 1. The summed E-state index contributed by atoms with van der Waals surface area (Å²) in [5.41, 5.74) is 1.39. The summed E-state index contributed by atoms with van der Waals surface area (Å²) in [6.45, 7) is 2.92. The van der Waals surface area contributed by atoms with Gasteiger partial charge in [0.2, 0.25) is 15.9 Å². The molecule has 2 aromatic rings. The SMILES string of the molecule is O=C(Cc1csc(N2CCNC2=O)n1)NCc1ccc(S(=O)(=O)N2CCOCC2)cc1. The molecule has 10 nitrogen and oxygen atoms in total. The lowest BCUT2D eigenvalue weighted by Gasteiger charge is -2.26. The highest BCUT2D eigenvalue weighted by Gasteiger charge is 2.26. The quantitative estimate of drug-likeness (QED) is 0.616. The number of hydrogen-bond acceptors (Lipinski definition) is 7. The Bertz CT molecular complexity index is 1050. The van der Waals surface area contributed by atoms with E-state index in [4.69, 9.17) is 4.74 Å². The van der Waals surface area contributed by atoms with Gasteiger partial charge in [0.05, 0.1) is 30.2 Å². The molecule has 2 saturated heterocycles. The number of benzene rings is 1. The van der Waals surface area contributed by atoms with Gasteiger partial charge in [0.15, 0.2) is 5.13 Å². The van der Waals surface area contributed by atoms with Gasteiger partial charge in [-0.25, -0.2) is 18.2 Å². The molecule has 1 aromatic carbocycles. The number of sulfonamides is 1. The van der Waals surface area contributed by atoms with E-state index in [1.807, 2.05) is 0 Å². The topological polar surface area (TPSA) is 121 Å². The third-order valence-corrected chi connectivity index (χ3v) is 7.82. The standard InChI is InChI=1S/C19H23N5O5S2/c25-17(11-15-13-30-19(22-15)24-6-5-20-18(24)26)21-12-14-1-3-16(4-2-14)31(27,28)23-7-9-29-10-8-23/h1-4,13H,5-12H2,(H,20,26)(H,21,25). The van der Waals surface area contributed by atoms with Crippen molar-refractivity contribution < 1.29 is 22.7 Å². The van der Waals surface area contributed by atoms with Crippen LogP contribution < -0.4 is 15.5 Å². The maximum Gasteiger partial charge on any atom is 0.323 e. The minimum atomic E-state index is -3.53. The fraction of sp³-hybridized carbons (Fsp3) is 0.421. The highest BCUT2D eigenvalue weighted by atomic mass is 32.2. The Kier molecular flexibility index (Phi) is 6.51. The van der Waals surface area contributed by atoms with E-state index in [0.29, 0.717) is 50.2 Å². The molecule has 0 spiro atoms. The molecule has 0 unspecified atom stereocenters. The average Bonchev–Trinajstić information content (AvgIpc) is 3.41. The smallest absolute Gasteiger partial charge is 0.323 e. The lowest BCUT2D eigenvalue weighted by Crippen LogP contribution is -2.40. The fourth-order valence-corrected chi connectivity index (χ4v) is 5.56. The molecule has 2 aliphatic heterocycles. The van der Waals surface area contributed by atoms with E-state index in [1.165, 1.54) is 15.6 Å². The van der Waals surface area contributed by atoms with Gasteiger partial charge in [0.25, 0.3) is 0 Å². The zero-order chi connectivity index (χ0) is 21.8.